The molecule has 0 unspecified atom stereocenters. The van der Waals surface area contributed by atoms with Crippen LogP contribution in [-0.2, 0) is 9.59 Å². The van der Waals surface area contributed by atoms with Crippen molar-refractivity contribution in [2.24, 2.45) is 0 Å². The number of nitro benzene ring substituents is 1. The molecule has 1 aliphatic heterocycles. The quantitative estimate of drug-likeness (QED) is 0.367. The highest BCUT2D eigenvalue weighted by Gasteiger charge is 2.34. The van der Waals surface area contributed by atoms with Crippen molar-refractivity contribution in [2.45, 2.75) is 6.92 Å². The fraction of sp³-hybridized carbons (Fsp3) is 0.111. The fourth-order valence-electron chi connectivity index (χ4n) is 2.59. The van der Waals surface area contributed by atoms with E-state index in [1.54, 1.807) is 37.3 Å². The summed E-state index contributed by atoms with van der Waals surface area (Å²) >= 11 is 6.09. The third-order valence-corrected chi connectivity index (χ3v) is 4.03. The summed E-state index contributed by atoms with van der Waals surface area (Å²) in [5.74, 6) is -1.24. The zero-order chi connectivity index (χ0) is 19.6. The van der Waals surface area contributed by atoms with Crippen LogP contribution in [0.3, 0.4) is 0 Å². The van der Waals surface area contributed by atoms with Crippen LogP contribution in [0.2, 0.25) is 5.02 Å². The number of nitrogens with zero attached hydrogens (tertiary/aromatic N) is 2. The van der Waals surface area contributed by atoms with Crippen LogP contribution in [0.25, 0.3) is 6.08 Å². The number of hydrogen-bond donors (Lipinski definition) is 1. The van der Waals surface area contributed by atoms with E-state index in [0.29, 0.717) is 5.69 Å². The number of amides is 2. The SMILES string of the molecule is CCOc1c(Cl)cc(C=C2C(=O)NN(c3ccccc3)C2=O)cc1[N+](=O)[O-]. The maximum atomic E-state index is 12.6. The van der Waals surface area contributed by atoms with Crippen molar-refractivity contribution in [3.8, 4) is 5.75 Å². The van der Waals surface area contributed by atoms with Gasteiger partial charge in [0.2, 0.25) is 5.75 Å². The van der Waals surface area contributed by atoms with Crippen LogP contribution in [-0.4, -0.2) is 23.3 Å². The summed E-state index contributed by atoms with van der Waals surface area (Å²) in [7, 11) is 0. The smallest absolute Gasteiger partial charge is 0.313 e. The molecule has 0 bridgehead atoms. The molecule has 3 rings (SSSR count). The fourth-order valence-corrected chi connectivity index (χ4v) is 2.87. The predicted octanol–water partition coefficient (Wildman–Crippen LogP) is 3.11. The summed E-state index contributed by atoms with van der Waals surface area (Å²) in [6, 6.07) is 11.2. The number of benzene rings is 2. The molecular formula is C18H14ClN3O5. The van der Waals surface area contributed by atoms with E-state index >= 15 is 0 Å². The van der Waals surface area contributed by atoms with Crippen molar-refractivity contribution in [2.75, 3.05) is 11.6 Å². The Morgan fingerprint density at radius 3 is 2.59 bits per heavy atom. The Balaban J connectivity index is 2.00. The van der Waals surface area contributed by atoms with Gasteiger partial charge in [0.15, 0.2) is 0 Å². The van der Waals surface area contributed by atoms with E-state index in [1.165, 1.54) is 18.2 Å². The highest BCUT2D eigenvalue weighted by atomic mass is 35.5. The first-order valence-electron chi connectivity index (χ1n) is 7.95. The third kappa shape index (κ3) is 3.61. The highest BCUT2D eigenvalue weighted by Crippen LogP contribution is 2.37. The molecule has 0 atom stereocenters. The van der Waals surface area contributed by atoms with Crippen LogP contribution in [0, 0.1) is 10.1 Å². The maximum Gasteiger partial charge on any atom is 0.313 e. The van der Waals surface area contributed by atoms with E-state index in [4.69, 9.17) is 16.3 Å². The average molecular weight is 388 g/mol. The molecule has 0 aromatic heterocycles. The van der Waals surface area contributed by atoms with Gasteiger partial charge in [0.05, 0.1) is 22.2 Å². The van der Waals surface area contributed by atoms with Gasteiger partial charge in [-0.05, 0) is 36.8 Å². The average Bonchev–Trinajstić information content (AvgIpc) is 2.92. The number of hydrogen-bond acceptors (Lipinski definition) is 5. The summed E-state index contributed by atoms with van der Waals surface area (Å²) in [4.78, 5) is 35.5. The molecule has 1 heterocycles. The standard InChI is InChI=1S/C18H14ClN3O5/c1-2-27-16-14(19)9-11(10-15(16)22(25)26)8-13-17(23)20-21(18(13)24)12-6-4-3-5-7-12/h3-10H,2H2,1H3,(H,20,23). The number of rotatable bonds is 5. The van der Waals surface area contributed by atoms with Gasteiger partial charge < -0.3 is 4.74 Å². The van der Waals surface area contributed by atoms with Crippen LogP contribution < -0.4 is 15.2 Å². The van der Waals surface area contributed by atoms with Gasteiger partial charge in [-0.2, -0.15) is 0 Å². The lowest BCUT2D eigenvalue weighted by Crippen LogP contribution is -2.35. The lowest BCUT2D eigenvalue weighted by molar-refractivity contribution is -0.385. The molecule has 0 saturated carbocycles. The Morgan fingerprint density at radius 2 is 1.96 bits per heavy atom. The van der Waals surface area contributed by atoms with Crippen LogP contribution in [0.15, 0.2) is 48.0 Å². The molecule has 2 aromatic carbocycles. The Bertz CT molecular complexity index is 959. The molecule has 0 spiro atoms. The molecule has 2 amide bonds. The molecule has 138 valence electrons. The minimum atomic E-state index is -0.633. The van der Waals surface area contributed by atoms with Gasteiger partial charge in [0.1, 0.15) is 5.57 Å². The van der Waals surface area contributed by atoms with Gasteiger partial charge >= 0.3 is 5.69 Å². The van der Waals surface area contributed by atoms with Gasteiger partial charge in [-0.3, -0.25) is 25.1 Å². The molecule has 0 radical (unpaired) electrons. The molecule has 0 aliphatic carbocycles. The predicted molar refractivity (Wildman–Crippen MR) is 99.3 cm³/mol. The number of ether oxygens (including phenoxy) is 1. The van der Waals surface area contributed by atoms with Gasteiger partial charge in [-0.15, -0.1) is 0 Å². The van der Waals surface area contributed by atoms with Crippen molar-refractivity contribution in [3.63, 3.8) is 0 Å². The maximum absolute atomic E-state index is 12.6. The summed E-state index contributed by atoms with van der Waals surface area (Å²) in [6.45, 7) is 1.88. The molecule has 2 aromatic rings. The number of nitro groups is 1. The summed E-state index contributed by atoms with van der Waals surface area (Å²) < 4.78 is 5.22. The topological polar surface area (TPSA) is 102 Å². The third-order valence-electron chi connectivity index (χ3n) is 3.75. The van der Waals surface area contributed by atoms with Crippen molar-refractivity contribution < 1.29 is 19.2 Å². The minimum absolute atomic E-state index is 0.0173. The first kappa shape index (κ1) is 18.4. The molecule has 9 heteroatoms. The Morgan fingerprint density at radius 1 is 1.26 bits per heavy atom. The first-order valence-corrected chi connectivity index (χ1v) is 8.33. The molecule has 8 nitrogen and oxygen atoms in total. The van der Waals surface area contributed by atoms with Crippen molar-refractivity contribution in [1.82, 2.24) is 5.43 Å². The van der Waals surface area contributed by atoms with Gasteiger partial charge in [-0.25, -0.2) is 5.01 Å². The number of anilines is 1. The number of halogens is 1. The number of carbonyl (C=O) groups excluding carboxylic acids is 2. The molecular weight excluding hydrogens is 374 g/mol. The summed E-state index contributed by atoms with van der Waals surface area (Å²) in [5.41, 5.74) is 2.69. The van der Waals surface area contributed by atoms with Gasteiger partial charge in [0, 0.05) is 6.07 Å². The first-order chi connectivity index (χ1) is 12.9. The van der Waals surface area contributed by atoms with Crippen LogP contribution in [0.5, 0.6) is 5.75 Å². The van der Waals surface area contributed by atoms with Crippen molar-refractivity contribution >= 4 is 40.9 Å². The van der Waals surface area contributed by atoms with Gasteiger partial charge in [0.25, 0.3) is 11.8 Å². The zero-order valence-corrected chi connectivity index (χ0v) is 14.9. The number of para-hydroxylation sites is 1. The number of carbonyl (C=O) groups is 2. The lowest BCUT2D eigenvalue weighted by Gasteiger charge is -2.13. The summed E-state index contributed by atoms with van der Waals surface area (Å²) in [6.07, 6.45) is 1.26. The Labute approximate surface area is 159 Å². The van der Waals surface area contributed by atoms with Crippen LogP contribution in [0.4, 0.5) is 11.4 Å². The highest BCUT2D eigenvalue weighted by molar-refractivity contribution is 6.33. The molecule has 1 fully saturated rings. The van der Waals surface area contributed by atoms with E-state index in [2.05, 4.69) is 5.43 Å². The van der Waals surface area contributed by atoms with E-state index in [0.717, 1.165) is 5.01 Å². The number of hydrazine groups is 1. The molecule has 1 N–H and O–H groups in total. The molecule has 1 aliphatic rings. The van der Waals surface area contributed by atoms with Crippen molar-refractivity contribution in [1.29, 1.82) is 0 Å². The monoisotopic (exact) mass is 387 g/mol. The normalized spacial score (nSPS) is 15.2. The van der Waals surface area contributed by atoms with Gasteiger partial charge in [-0.1, -0.05) is 29.8 Å². The zero-order valence-electron chi connectivity index (χ0n) is 14.1. The van der Waals surface area contributed by atoms with E-state index in [1.807, 2.05) is 0 Å². The second-order valence-corrected chi connectivity index (χ2v) is 5.92. The molecule has 27 heavy (non-hydrogen) atoms. The van der Waals surface area contributed by atoms with E-state index in [9.17, 15) is 19.7 Å². The summed E-state index contributed by atoms with van der Waals surface area (Å²) in [5, 5.41) is 12.4. The molecule has 1 saturated heterocycles. The second-order valence-electron chi connectivity index (χ2n) is 5.52. The van der Waals surface area contributed by atoms with Crippen LogP contribution >= 0.6 is 11.6 Å². The lowest BCUT2D eigenvalue weighted by atomic mass is 10.1. The Kier molecular flexibility index (Phi) is 5.09. The minimum Gasteiger partial charge on any atom is -0.486 e. The van der Waals surface area contributed by atoms with Crippen LogP contribution in [0.1, 0.15) is 12.5 Å². The van der Waals surface area contributed by atoms with E-state index < -0.39 is 16.7 Å². The largest absolute Gasteiger partial charge is 0.486 e. The number of nitrogens with one attached hydrogen (secondary N) is 1. The second kappa shape index (κ2) is 7.46. The van der Waals surface area contributed by atoms with E-state index in [-0.39, 0.29) is 34.2 Å². The Hall–Kier alpha value is -3.39. The van der Waals surface area contributed by atoms with Crippen molar-refractivity contribution in [3.05, 3.63) is 68.7 Å².